The second-order valence-corrected chi connectivity index (χ2v) is 5.51. The Morgan fingerprint density at radius 2 is 2.08 bits per heavy atom. The van der Waals surface area contributed by atoms with Crippen LogP contribution in [0.2, 0.25) is 0 Å². The molecular formula is C18H18N2O5. The third kappa shape index (κ3) is 4.48. The van der Waals surface area contributed by atoms with Gasteiger partial charge in [-0.05, 0) is 29.8 Å². The fourth-order valence-electron chi connectivity index (χ4n) is 2.49. The van der Waals surface area contributed by atoms with Crippen LogP contribution in [-0.4, -0.2) is 28.1 Å². The molecule has 0 saturated carbocycles. The van der Waals surface area contributed by atoms with Crippen molar-refractivity contribution in [3.05, 3.63) is 71.8 Å². The van der Waals surface area contributed by atoms with Gasteiger partial charge in [-0.25, -0.2) is 9.78 Å². The van der Waals surface area contributed by atoms with E-state index in [1.54, 1.807) is 13.4 Å². The summed E-state index contributed by atoms with van der Waals surface area (Å²) in [5, 5.41) is 8.97. The second-order valence-electron chi connectivity index (χ2n) is 5.51. The molecule has 0 radical (unpaired) electrons. The molecule has 0 aliphatic rings. The standard InChI is InChI=1S/C18H18N2O5/c1-23-14-5-2-4-13(8-14)9-20(10-15-6-3-7-24-15)11-17-19-16(12-25-17)18(21)22/h2-8,12H,9-11H2,1H3,(H,21,22). The maximum absolute atomic E-state index is 11.0. The van der Waals surface area contributed by atoms with Crippen molar-refractivity contribution in [1.29, 1.82) is 0 Å². The largest absolute Gasteiger partial charge is 0.497 e. The van der Waals surface area contributed by atoms with Crippen molar-refractivity contribution in [3.63, 3.8) is 0 Å². The van der Waals surface area contributed by atoms with Crippen LogP contribution in [-0.2, 0) is 19.6 Å². The summed E-state index contributed by atoms with van der Waals surface area (Å²) in [7, 11) is 1.62. The lowest BCUT2D eigenvalue weighted by molar-refractivity contribution is 0.0690. The summed E-state index contributed by atoms with van der Waals surface area (Å²) in [4.78, 5) is 17.0. The third-order valence-electron chi connectivity index (χ3n) is 3.63. The average molecular weight is 342 g/mol. The molecule has 2 heterocycles. The summed E-state index contributed by atoms with van der Waals surface area (Å²) in [6.45, 7) is 1.49. The first-order valence-corrected chi connectivity index (χ1v) is 7.69. The highest BCUT2D eigenvalue weighted by atomic mass is 16.5. The molecule has 0 spiro atoms. The minimum Gasteiger partial charge on any atom is -0.497 e. The number of rotatable bonds is 8. The number of carbonyl (C=O) groups is 1. The molecule has 25 heavy (non-hydrogen) atoms. The van der Waals surface area contributed by atoms with Gasteiger partial charge in [-0.15, -0.1) is 0 Å². The fraction of sp³-hybridized carbons (Fsp3) is 0.222. The van der Waals surface area contributed by atoms with Crippen LogP contribution in [0.4, 0.5) is 0 Å². The van der Waals surface area contributed by atoms with E-state index in [0.717, 1.165) is 23.3 Å². The molecule has 2 aromatic heterocycles. The number of aromatic carboxylic acids is 1. The van der Waals surface area contributed by atoms with Crippen LogP contribution in [0.15, 0.2) is 57.8 Å². The molecule has 0 bridgehead atoms. The molecule has 0 aliphatic carbocycles. The van der Waals surface area contributed by atoms with E-state index in [1.807, 2.05) is 41.3 Å². The van der Waals surface area contributed by atoms with Crippen LogP contribution in [0.5, 0.6) is 5.75 Å². The summed E-state index contributed by atoms with van der Waals surface area (Å²) < 4.78 is 15.9. The molecule has 0 unspecified atom stereocenters. The zero-order valence-electron chi connectivity index (χ0n) is 13.7. The Kier molecular flexibility index (Phi) is 5.15. The van der Waals surface area contributed by atoms with Crippen LogP contribution in [0.1, 0.15) is 27.7 Å². The van der Waals surface area contributed by atoms with Crippen LogP contribution < -0.4 is 4.74 Å². The summed E-state index contributed by atoms with van der Waals surface area (Å²) in [6.07, 6.45) is 2.76. The SMILES string of the molecule is COc1cccc(CN(Cc2ccco2)Cc2nc(C(=O)O)co2)c1. The van der Waals surface area contributed by atoms with E-state index in [2.05, 4.69) is 4.98 Å². The molecule has 3 aromatic rings. The number of benzene rings is 1. The van der Waals surface area contributed by atoms with Crippen molar-refractivity contribution in [2.75, 3.05) is 7.11 Å². The van der Waals surface area contributed by atoms with Gasteiger partial charge in [-0.2, -0.15) is 0 Å². The van der Waals surface area contributed by atoms with Gasteiger partial charge in [-0.3, -0.25) is 4.90 Å². The molecule has 0 saturated heterocycles. The maximum Gasteiger partial charge on any atom is 0.357 e. The number of furan rings is 1. The number of hydrogen-bond acceptors (Lipinski definition) is 6. The number of ether oxygens (including phenoxy) is 1. The first-order valence-electron chi connectivity index (χ1n) is 7.69. The fourth-order valence-corrected chi connectivity index (χ4v) is 2.49. The van der Waals surface area contributed by atoms with E-state index in [4.69, 9.17) is 18.7 Å². The van der Waals surface area contributed by atoms with E-state index in [-0.39, 0.29) is 5.69 Å². The quantitative estimate of drug-likeness (QED) is 0.672. The predicted octanol–water partition coefficient (Wildman–Crippen LogP) is 3.18. The lowest BCUT2D eigenvalue weighted by Gasteiger charge is -2.20. The van der Waals surface area contributed by atoms with Crippen molar-refractivity contribution in [2.24, 2.45) is 0 Å². The van der Waals surface area contributed by atoms with Crippen LogP contribution >= 0.6 is 0 Å². The molecule has 3 rings (SSSR count). The van der Waals surface area contributed by atoms with Crippen molar-refractivity contribution in [2.45, 2.75) is 19.6 Å². The molecule has 0 amide bonds. The van der Waals surface area contributed by atoms with E-state index in [9.17, 15) is 4.79 Å². The Morgan fingerprint density at radius 3 is 2.76 bits per heavy atom. The van der Waals surface area contributed by atoms with Gasteiger partial charge in [0.15, 0.2) is 5.69 Å². The van der Waals surface area contributed by atoms with Gasteiger partial charge in [0.25, 0.3) is 0 Å². The number of aromatic nitrogens is 1. The van der Waals surface area contributed by atoms with Crippen molar-refractivity contribution in [1.82, 2.24) is 9.88 Å². The van der Waals surface area contributed by atoms with E-state index in [0.29, 0.717) is 25.5 Å². The molecule has 7 nitrogen and oxygen atoms in total. The lowest BCUT2D eigenvalue weighted by Crippen LogP contribution is -2.22. The Balaban J connectivity index is 1.77. The van der Waals surface area contributed by atoms with Gasteiger partial charge in [0.2, 0.25) is 5.89 Å². The maximum atomic E-state index is 11.0. The lowest BCUT2D eigenvalue weighted by atomic mass is 10.2. The van der Waals surface area contributed by atoms with Gasteiger partial charge in [0.05, 0.1) is 26.5 Å². The van der Waals surface area contributed by atoms with Crippen molar-refractivity contribution >= 4 is 5.97 Å². The molecule has 1 N–H and O–H groups in total. The van der Waals surface area contributed by atoms with E-state index in [1.165, 1.54) is 0 Å². The number of nitrogens with zero attached hydrogens (tertiary/aromatic N) is 2. The van der Waals surface area contributed by atoms with Crippen molar-refractivity contribution < 1.29 is 23.5 Å². The molecule has 7 heteroatoms. The van der Waals surface area contributed by atoms with Gasteiger partial charge in [0.1, 0.15) is 17.8 Å². The van der Waals surface area contributed by atoms with Gasteiger partial charge in [0, 0.05) is 6.54 Å². The zero-order chi connectivity index (χ0) is 17.6. The monoisotopic (exact) mass is 342 g/mol. The zero-order valence-corrected chi connectivity index (χ0v) is 13.7. The number of methoxy groups -OCH3 is 1. The first-order chi connectivity index (χ1) is 12.1. The Labute approximate surface area is 144 Å². The summed E-state index contributed by atoms with van der Waals surface area (Å²) in [6, 6.07) is 11.5. The van der Waals surface area contributed by atoms with E-state index >= 15 is 0 Å². The Bertz CT molecular complexity index is 826. The molecule has 0 aliphatic heterocycles. The Hall–Kier alpha value is -3.06. The van der Waals surface area contributed by atoms with Crippen LogP contribution in [0.25, 0.3) is 0 Å². The summed E-state index contributed by atoms with van der Waals surface area (Å²) >= 11 is 0. The third-order valence-corrected chi connectivity index (χ3v) is 3.63. The molecule has 1 aromatic carbocycles. The molecule has 0 atom stereocenters. The molecule has 130 valence electrons. The second kappa shape index (κ2) is 7.67. The topological polar surface area (TPSA) is 88.9 Å². The smallest absolute Gasteiger partial charge is 0.357 e. The van der Waals surface area contributed by atoms with Crippen LogP contribution in [0, 0.1) is 0 Å². The molecule has 0 fully saturated rings. The predicted molar refractivity (Wildman–Crippen MR) is 88.1 cm³/mol. The summed E-state index contributed by atoms with van der Waals surface area (Å²) in [5.41, 5.74) is 0.949. The minimum absolute atomic E-state index is 0.102. The Morgan fingerprint density at radius 1 is 1.20 bits per heavy atom. The molecular weight excluding hydrogens is 324 g/mol. The summed E-state index contributed by atoms with van der Waals surface area (Å²) in [5.74, 6) is 0.805. The number of carboxylic acids is 1. The minimum atomic E-state index is -1.11. The highest BCUT2D eigenvalue weighted by Gasteiger charge is 2.16. The van der Waals surface area contributed by atoms with Gasteiger partial charge in [-0.1, -0.05) is 12.1 Å². The van der Waals surface area contributed by atoms with E-state index < -0.39 is 5.97 Å². The highest BCUT2D eigenvalue weighted by Crippen LogP contribution is 2.18. The van der Waals surface area contributed by atoms with Gasteiger partial charge < -0.3 is 18.7 Å². The highest BCUT2D eigenvalue weighted by molar-refractivity contribution is 5.84. The first kappa shape index (κ1) is 16.8. The number of oxazole rings is 1. The average Bonchev–Trinajstić information content (AvgIpc) is 3.27. The number of hydrogen-bond donors (Lipinski definition) is 1. The normalized spacial score (nSPS) is 11.0. The number of carboxylic acid groups (broad SMARTS) is 1. The van der Waals surface area contributed by atoms with Crippen molar-refractivity contribution in [3.8, 4) is 5.75 Å². The van der Waals surface area contributed by atoms with Gasteiger partial charge >= 0.3 is 5.97 Å². The van der Waals surface area contributed by atoms with Crippen LogP contribution in [0.3, 0.4) is 0 Å².